The van der Waals surface area contributed by atoms with Gasteiger partial charge in [-0.25, -0.2) is 8.42 Å². The number of hydrogen-bond donors (Lipinski definition) is 0. The van der Waals surface area contributed by atoms with E-state index < -0.39 is 9.84 Å². The maximum Gasteiger partial charge on any atom is 0.207 e. The van der Waals surface area contributed by atoms with Crippen LogP contribution in [0.2, 0.25) is 0 Å². The third-order valence-corrected chi connectivity index (χ3v) is 4.45. The van der Waals surface area contributed by atoms with Gasteiger partial charge in [-0.05, 0) is 25.1 Å². The molecule has 0 aliphatic carbocycles. The molecule has 18 heavy (non-hydrogen) atoms. The highest BCUT2D eigenvalue weighted by molar-refractivity contribution is 7.91. The first kappa shape index (κ1) is 12.5. The predicted octanol–water partition coefficient (Wildman–Crippen LogP) is 2.13. The number of rotatable bonds is 3. The molecule has 0 fully saturated rings. The van der Waals surface area contributed by atoms with Crippen molar-refractivity contribution in [3.05, 3.63) is 60.2 Å². The maximum atomic E-state index is 12.4. The van der Waals surface area contributed by atoms with E-state index in [4.69, 9.17) is 0 Å². The smallest absolute Gasteiger partial charge is 0.207 e. The summed E-state index contributed by atoms with van der Waals surface area (Å²) in [5.74, 6) is 0. The van der Waals surface area contributed by atoms with Crippen LogP contribution in [0, 0.1) is 0 Å². The highest BCUT2D eigenvalue weighted by Crippen LogP contribution is 2.23. The van der Waals surface area contributed by atoms with Gasteiger partial charge in [0.15, 0.2) is 0 Å². The van der Waals surface area contributed by atoms with Gasteiger partial charge < -0.3 is 0 Å². The average Bonchev–Trinajstić information content (AvgIpc) is 2.39. The quantitative estimate of drug-likeness (QED) is 0.792. The Kier molecular flexibility index (Phi) is 3.30. The van der Waals surface area contributed by atoms with Crippen molar-refractivity contribution in [3.63, 3.8) is 0 Å². The number of nitrogens with zero attached hydrogens (tertiary/aromatic N) is 1. The lowest BCUT2D eigenvalue weighted by Gasteiger charge is -2.08. The molecule has 0 saturated heterocycles. The fraction of sp³-hybridized carbons (Fsp3) is 0.0714. The Morgan fingerprint density at radius 1 is 0.944 bits per heavy atom. The monoisotopic (exact) mass is 258 g/mol. The van der Waals surface area contributed by atoms with Crippen molar-refractivity contribution < 1.29 is 8.42 Å². The molecule has 0 N–H and O–H groups in total. The van der Waals surface area contributed by atoms with E-state index >= 15 is 0 Å². The molecule has 91 valence electrons. The zero-order valence-corrected chi connectivity index (χ0v) is 10.7. The summed E-state index contributed by atoms with van der Waals surface area (Å²) >= 11 is 0. The molecule has 0 aromatic heterocycles. The van der Waals surface area contributed by atoms with Gasteiger partial charge in [0.2, 0.25) is 9.84 Å². The van der Waals surface area contributed by atoms with Crippen LogP contribution in [0.1, 0.15) is 12.5 Å². The Balaban J connectivity index is 2.66. The van der Waals surface area contributed by atoms with Crippen LogP contribution in [0.15, 0.2) is 64.4 Å². The molecule has 2 aromatic carbocycles. The Morgan fingerprint density at radius 3 is 2.11 bits per heavy atom. The summed E-state index contributed by atoms with van der Waals surface area (Å²) in [7, 11) is -3.60. The minimum atomic E-state index is -3.60. The summed E-state index contributed by atoms with van der Waals surface area (Å²) in [6.45, 7) is 1.47. The van der Waals surface area contributed by atoms with Gasteiger partial charge in [0, 0.05) is 5.56 Å². The summed E-state index contributed by atoms with van der Waals surface area (Å²) in [5, 5.41) is 9.57. The summed E-state index contributed by atoms with van der Waals surface area (Å²) in [6.07, 6.45) is 0. The summed E-state index contributed by atoms with van der Waals surface area (Å²) in [4.78, 5) is 0.343. The molecule has 0 saturated carbocycles. The van der Waals surface area contributed by atoms with Crippen molar-refractivity contribution in [1.82, 2.24) is 5.41 Å². The lowest BCUT2D eigenvalue weighted by Crippen LogP contribution is -2.08. The first-order valence-corrected chi connectivity index (χ1v) is 6.94. The fourth-order valence-electron chi connectivity index (χ4n) is 1.73. The normalized spacial score (nSPS) is 11.2. The second kappa shape index (κ2) is 4.74. The van der Waals surface area contributed by atoms with Gasteiger partial charge in [-0.15, -0.1) is 0 Å². The number of benzene rings is 2. The van der Waals surface area contributed by atoms with E-state index in [2.05, 4.69) is 0 Å². The lowest BCUT2D eigenvalue weighted by atomic mass is 10.1. The Hall–Kier alpha value is -1.94. The molecule has 0 spiro atoms. The molecule has 0 aliphatic rings. The van der Waals surface area contributed by atoms with Crippen LogP contribution in [-0.4, -0.2) is 14.1 Å². The van der Waals surface area contributed by atoms with Crippen molar-refractivity contribution in [2.75, 3.05) is 0 Å². The molecule has 0 bridgehead atoms. The second-order valence-corrected chi connectivity index (χ2v) is 5.82. The zero-order valence-electron chi connectivity index (χ0n) is 9.87. The van der Waals surface area contributed by atoms with E-state index in [9.17, 15) is 13.8 Å². The average molecular weight is 258 g/mol. The zero-order chi connectivity index (χ0) is 13.2. The van der Waals surface area contributed by atoms with Gasteiger partial charge in [-0.2, -0.15) is 5.41 Å². The van der Waals surface area contributed by atoms with E-state index in [1.54, 1.807) is 48.5 Å². The van der Waals surface area contributed by atoms with Crippen LogP contribution in [0.3, 0.4) is 0 Å². The van der Waals surface area contributed by atoms with Crippen molar-refractivity contribution in [2.45, 2.75) is 16.7 Å². The van der Waals surface area contributed by atoms with Gasteiger partial charge in [-0.1, -0.05) is 36.4 Å². The van der Waals surface area contributed by atoms with E-state index in [1.807, 2.05) is 0 Å². The molecular weight excluding hydrogens is 246 g/mol. The highest BCUT2D eigenvalue weighted by atomic mass is 32.2. The summed E-state index contributed by atoms with van der Waals surface area (Å²) < 4.78 is 24.9. The van der Waals surface area contributed by atoms with Crippen LogP contribution in [0.5, 0.6) is 0 Å². The number of hydrogen-bond acceptors (Lipinski definition) is 2. The molecule has 1 radical (unpaired) electrons. The lowest BCUT2D eigenvalue weighted by molar-refractivity contribution is 0.596. The molecule has 0 unspecified atom stereocenters. The fourth-order valence-corrected chi connectivity index (χ4v) is 3.26. The molecule has 4 heteroatoms. The predicted molar refractivity (Wildman–Crippen MR) is 70.3 cm³/mol. The first-order valence-electron chi connectivity index (χ1n) is 5.45. The Bertz CT molecular complexity index is 676. The van der Waals surface area contributed by atoms with Crippen LogP contribution < -0.4 is 5.41 Å². The third kappa shape index (κ3) is 2.19. The van der Waals surface area contributed by atoms with Gasteiger partial charge >= 0.3 is 0 Å². The third-order valence-electron chi connectivity index (χ3n) is 2.62. The van der Waals surface area contributed by atoms with Gasteiger partial charge in [0.05, 0.1) is 15.5 Å². The van der Waals surface area contributed by atoms with Crippen molar-refractivity contribution in [3.8, 4) is 0 Å². The Morgan fingerprint density at radius 2 is 1.50 bits per heavy atom. The largest absolute Gasteiger partial charge is 0.218 e. The summed E-state index contributed by atoms with van der Waals surface area (Å²) in [6, 6.07) is 14.6. The van der Waals surface area contributed by atoms with Crippen molar-refractivity contribution in [1.29, 1.82) is 0 Å². The van der Waals surface area contributed by atoms with Gasteiger partial charge in [0.1, 0.15) is 0 Å². The van der Waals surface area contributed by atoms with E-state index in [-0.39, 0.29) is 15.5 Å². The highest BCUT2D eigenvalue weighted by Gasteiger charge is 2.21. The molecule has 0 aliphatic heterocycles. The van der Waals surface area contributed by atoms with Crippen LogP contribution in [0.4, 0.5) is 0 Å². The molecule has 2 aromatic rings. The number of sulfone groups is 1. The first-order chi connectivity index (χ1) is 8.53. The van der Waals surface area contributed by atoms with Crippen molar-refractivity contribution in [2.24, 2.45) is 0 Å². The minimum Gasteiger partial charge on any atom is -0.218 e. The standard InChI is InChI=1S/C14H12NO2S/c1-11(15)13-9-5-6-10-14(13)18(16,17)12-7-3-2-4-8-12/h2-10H,1H3. The molecular formula is C14H12NO2S. The topological polar surface area (TPSA) is 56.4 Å². The van der Waals surface area contributed by atoms with E-state index in [0.717, 1.165) is 0 Å². The van der Waals surface area contributed by atoms with Gasteiger partial charge in [-0.3, -0.25) is 0 Å². The van der Waals surface area contributed by atoms with Crippen molar-refractivity contribution >= 4 is 15.5 Å². The second-order valence-electron chi connectivity index (χ2n) is 3.90. The maximum absolute atomic E-state index is 12.4. The van der Waals surface area contributed by atoms with Crippen LogP contribution >= 0.6 is 0 Å². The van der Waals surface area contributed by atoms with Crippen LogP contribution in [0.25, 0.3) is 0 Å². The SMILES string of the molecule is CC(=[N])c1ccccc1S(=O)(=O)c1ccccc1. The van der Waals surface area contributed by atoms with E-state index in [1.165, 1.54) is 13.0 Å². The molecule has 3 nitrogen and oxygen atoms in total. The molecule has 0 amide bonds. The molecule has 2 rings (SSSR count). The molecule has 0 atom stereocenters. The van der Waals surface area contributed by atoms with Gasteiger partial charge in [0.25, 0.3) is 0 Å². The Labute approximate surface area is 107 Å². The molecule has 0 heterocycles. The van der Waals surface area contributed by atoms with Crippen LogP contribution in [-0.2, 0) is 9.84 Å². The minimum absolute atomic E-state index is 0.00916. The summed E-state index contributed by atoms with van der Waals surface area (Å²) in [5.41, 5.74) is 0.325. The van der Waals surface area contributed by atoms with E-state index in [0.29, 0.717) is 5.56 Å².